The predicted octanol–water partition coefficient (Wildman–Crippen LogP) is 3.41. The highest BCUT2D eigenvalue weighted by Crippen LogP contribution is 2.60. The molecule has 0 saturated carbocycles. The van der Waals surface area contributed by atoms with Crippen molar-refractivity contribution in [2.45, 2.75) is 90.8 Å². The molecule has 1 aliphatic heterocycles. The fraction of sp³-hybridized carbons (Fsp3) is 0.643. The molecule has 6 atom stereocenters. The van der Waals surface area contributed by atoms with Gasteiger partial charge in [-0.15, -0.1) is 0 Å². The summed E-state index contributed by atoms with van der Waals surface area (Å²) < 4.78 is 59.1. The molecule has 0 spiro atoms. The molecule has 1 saturated heterocycles. The Labute approximate surface area is 251 Å². The summed E-state index contributed by atoms with van der Waals surface area (Å²) >= 11 is 0. The largest absolute Gasteiger partial charge is 0.497 e. The van der Waals surface area contributed by atoms with Crippen LogP contribution >= 0.6 is 7.60 Å². The maximum Gasteiger partial charge on any atom is 0.351 e. The molecular weight excluding hydrogens is 589 g/mol. The summed E-state index contributed by atoms with van der Waals surface area (Å²) in [5.74, 6) is -3.62. The third-order valence-electron chi connectivity index (χ3n) is 6.03. The second-order valence-electron chi connectivity index (χ2n) is 9.68. The fourth-order valence-corrected chi connectivity index (χ4v) is 6.44. The van der Waals surface area contributed by atoms with Crippen LogP contribution in [0.4, 0.5) is 0 Å². The molecule has 43 heavy (non-hydrogen) atoms. The zero-order chi connectivity index (χ0) is 32.2. The van der Waals surface area contributed by atoms with E-state index in [1.807, 2.05) is 13.8 Å². The van der Waals surface area contributed by atoms with Crippen molar-refractivity contribution < 1.29 is 61.2 Å². The van der Waals surface area contributed by atoms with Crippen molar-refractivity contribution in [3.8, 4) is 5.75 Å². The van der Waals surface area contributed by atoms with E-state index in [1.165, 1.54) is 14.0 Å². The van der Waals surface area contributed by atoms with Gasteiger partial charge in [-0.3, -0.25) is 29.1 Å². The van der Waals surface area contributed by atoms with Crippen LogP contribution < -0.4 is 10.1 Å². The maximum absolute atomic E-state index is 14.5. The summed E-state index contributed by atoms with van der Waals surface area (Å²) in [5, 5.41) is 3.14. The third-order valence-corrected chi connectivity index (χ3v) is 8.20. The van der Waals surface area contributed by atoms with E-state index in [9.17, 15) is 23.7 Å². The Balaban J connectivity index is 2.72. The minimum atomic E-state index is -4.05. The molecule has 0 aliphatic carbocycles. The molecular formula is C28H42NO13P. The molecule has 0 radical (unpaired) electrons. The highest BCUT2D eigenvalue weighted by atomic mass is 31.2. The van der Waals surface area contributed by atoms with Crippen molar-refractivity contribution in [2.24, 2.45) is 0 Å². The number of ether oxygens (including phenoxy) is 6. The summed E-state index contributed by atoms with van der Waals surface area (Å²) in [6, 6.07) is 5.30. The van der Waals surface area contributed by atoms with Gasteiger partial charge in [0.25, 0.3) is 0 Å². The van der Waals surface area contributed by atoms with Crippen molar-refractivity contribution in [1.82, 2.24) is 5.32 Å². The molecule has 1 N–H and O–H groups in total. The highest BCUT2D eigenvalue weighted by molar-refractivity contribution is 7.54. The van der Waals surface area contributed by atoms with Crippen molar-refractivity contribution in [1.29, 1.82) is 0 Å². The van der Waals surface area contributed by atoms with Gasteiger partial charge in [0.15, 0.2) is 12.2 Å². The van der Waals surface area contributed by atoms with E-state index < -0.39 is 74.5 Å². The molecule has 1 aromatic carbocycles. The first-order chi connectivity index (χ1) is 20.3. The molecule has 15 heteroatoms. The minimum Gasteiger partial charge on any atom is -0.497 e. The van der Waals surface area contributed by atoms with Gasteiger partial charge in [0.05, 0.1) is 20.3 Å². The number of benzene rings is 1. The van der Waals surface area contributed by atoms with Crippen molar-refractivity contribution in [3.05, 3.63) is 29.8 Å². The quantitative estimate of drug-likeness (QED) is 0.160. The lowest BCUT2D eigenvalue weighted by molar-refractivity contribution is -0.272. The summed E-state index contributed by atoms with van der Waals surface area (Å²) in [5.41, 5.74) is 0.436. The van der Waals surface area contributed by atoms with Crippen LogP contribution in [-0.2, 0) is 56.5 Å². The van der Waals surface area contributed by atoms with E-state index in [2.05, 4.69) is 5.32 Å². The normalized spacial score (nSPS) is 22.6. The maximum atomic E-state index is 14.5. The SMILES string of the molecule is CCCOP(=O)(OCCC)[C@@H](N[C@H]1[C@H](OC(C)=O)O[C@H](COC(C)=O)[C@@H](OC(C)=O)[C@@H]1OC(C)=O)c1ccc(OC)cc1. The van der Waals surface area contributed by atoms with Crippen LogP contribution in [0, 0.1) is 0 Å². The van der Waals surface area contributed by atoms with Gasteiger partial charge in [0, 0.05) is 27.7 Å². The van der Waals surface area contributed by atoms with Crippen LogP contribution in [0.5, 0.6) is 5.75 Å². The molecule has 0 bridgehead atoms. The summed E-state index contributed by atoms with van der Waals surface area (Å²) in [6.45, 7) is 8.04. The number of hydrogen-bond acceptors (Lipinski definition) is 14. The van der Waals surface area contributed by atoms with E-state index in [-0.39, 0.29) is 13.2 Å². The molecule has 14 nitrogen and oxygen atoms in total. The Kier molecular flexibility index (Phi) is 14.6. The smallest absolute Gasteiger partial charge is 0.351 e. The lowest BCUT2D eigenvalue weighted by Gasteiger charge is -2.46. The number of esters is 4. The second-order valence-corrected chi connectivity index (χ2v) is 11.8. The van der Waals surface area contributed by atoms with Crippen molar-refractivity contribution in [2.75, 3.05) is 26.9 Å². The number of carbonyl (C=O) groups excluding carboxylic acids is 4. The monoisotopic (exact) mass is 631 g/mol. The highest BCUT2D eigenvalue weighted by Gasteiger charge is 2.54. The molecule has 0 unspecified atom stereocenters. The predicted molar refractivity (Wildman–Crippen MR) is 151 cm³/mol. The Hall–Kier alpha value is -3.03. The number of rotatable bonds is 16. The Morgan fingerprint density at radius 2 is 1.37 bits per heavy atom. The van der Waals surface area contributed by atoms with Gasteiger partial charge in [0.1, 0.15) is 30.3 Å². The molecule has 2 rings (SSSR count). The van der Waals surface area contributed by atoms with Gasteiger partial charge in [-0.05, 0) is 30.5 Å². The number of methoxy groups -OCH3 is 1. The first kappa shape index (κ1) is 36.2. The van der Waals surface area contributed by atoms with E-state index in [4.69, 9.17) is 37.5 Å². The zero-order valence-corrected chi connectivity index (χ0v) is 26.5. The minimum absolute atomic E-state index is 0.0950. The van der Waals surface area contributed by atoms with Crippen molar-refractivity contribution >= 4 is 31.5 Å². The lowest BCUT2D eigenvalue weighted by atomic mass is 9.95. The van der Waals surface area contributed by atoms with E-state index in [1.54, 1.807) is 24.3 Å². The second kappa shape index (κ2) is 17.3. The van der Waals surface area contributed by atoms with Gasteiger partial charge in [-0.2, -0.15) is 0 Å². The summed E-state index contributed by atoms with van der Waals surface area (Å²) in [7, 11) is -2.55. The molecule has 1 heterocycles. The molecule has 1 aromatic rings. The third kappa shape index (κ3) is 10.9. The average molecular weight is 632 g/mol. The number of carbonyl (C=O) groups is 4. The van der Waals surface area contributed by atoms with Gasteiger partial charge >= 0.3 is 31.5 Å². The topological polar surface area (TPSA) is 171 Å². The van der Waals surface area contributed by atoms with E-state index >= 15 is 0 Å². The Bertz CT molecular complexity index is 1120. The summed E-state index contributed by atoms with van der Waals surface area (Å²) in [6.07, 6.45) is -4.38. The van der Waals surface area contributed by atoms with E-state index in [0.29, 0.717) is 24.2 Å². The average Bonchev–Trinajstić information content (AvgIpc) is 2.94. The fourth-order valence-electron chi connectivity index (χ4n) is 4.31. The van der Waals surface area contributed by atoms with Gasteiger partial charge in [0.2, 0.25) is 6.29 Å². The summed E-state index contributed by atoms with van der Waals surface area (Å²) in [4.78, 5) is 48.3. The number of hydrogen-bond donors (Lipinski definition) is 1. The molecule has 242 valence electrons. The van der Waals surface area contributed by atoms with Crippen LogP contribution in [0.25, 0.3) is 0 Å². The Morgan fingerprint density at radius 1 is 0.837 bits per heavy atom. The Morgan fingerprint density at radius 3 is 1.84 bits per heavy atom. The van der Waals surface area contributed by atoms with Crippen molar-refractivity contribution in [3.63, 3.8) is 0 Å². The standard InChI is InChI=1S/C28H42NO13P/c1-8-14-37-43(34,38-15-9-2)27(21-10-12-22(35-7)13-11-21)29-24-26(40-19(5)32)25(39-18(4)31)23(16-36-17(3)30)42-28(24)41-20(6)33/h10-13,23-29H,8-9,14-16H2,1-7H3/t23-,24-,25-,26-,27-,28-/m1/s1. The zero-order valence-electron chi connectivity index (χ0n) is 25.6. The van der Waals surface area contributed by atoms with Gasteiger partial charge < -0.3 is 37.5 Å². The van der Waals surface area contributed by atoms with Crippen LogP contribution in [0.2, 0.25) is 0 Å². The molecule has 0 aromatic heterocycles. The number of nitrogens with one attached hydrogen (secondary N) is 1. The molecule has 1 aliphatic rings. The first-order valence-electron chi connectivity index (χ1n) is 13.9. The van der Waals surface area contributed by atoms with Gasteiger partial charge in [-0.25, -0.2) is 0 Å². The van der Waals surface area contributed by atoms with Gasteiger partial charge in [-0.1, -0.05) is 26.0 Å². The van der Waals surface area contributed by atoms with Crippen LogP contribution in [0.1, 0.15) is 65.7 Å². The van der Waals surface area contributed by atoms with Crippen LogP contribution in [-0.4, -0.2) is 81.5 Å². The molecule has 1 fully saturated rings. The molecule has 0 amide bonds. The van der Waals surface area contributed by atoms with Crippen LogP contribution in [0.15, 0.2) is 24.3 Å². The van der Waals surface area contributed by atoms with E-state index in [0.717, 1.165) is 20.8 Å². The first-order valence-corrected chi connectivity index (χ1v) is 15.6. The lowest BCUT2D eigenvalue weighted by Crippen LogP contribution is -2.66. The van der Waals surface area contributed by atoms with Crippen LogP contribution in [0.3, 0.4) is 0 Å².